The van der Waals surface area contributed by atoms with Crippen molar-refractivity contribution in [3.8, 4) is 0 Å². The minimum Gasteiger partial charge on any atom is -0.335 e. The maximum Gasteiger partial charge on any atom is 0.161 e. The van der Waals surface area contributed by atoms with Gasteiger partial charge in [0.1, 0.15) is 0 Å². The van der Waals surface area contributed by atoms with Gasteiger partial charge in [0.15, 0.2) is 5.17 Å². The molecule has 1 heterocycles. The molecule has 2 nitrogen and oxygen atoms in total. The maximum absolute atomic E-state index is 4.97. The maximum atomic E-state index is 4.97. The summed E-state index contributed by atoms with van der Waals surface area (Å²) in [5.41, 5.74) is 4.10. The van der Waals surface area contributed by atoms with Gasteiger partial charge < -0.3 is 5.32 Å². The standard InChI is InChI=1S/C15H20N2S/c1-11-6-5-7-12(2)13(11)16-14-17-15(10-18-14)8-3-4-9-15/h5-7H,3-4,8-10H2,1-2H3,(H,16,17). The quantitative estimate of drug-likeness (QED) is 0.821. The predicted molar refractivity (Wildman–Crippen MR) is 80.6 cm³/mol. The number of rotatable bonds is 1. The molecule has 0 saturated heterocycles. The summed E-state index contributed by atoms with van der Waals surface area (Å²) in [5.74, 6) is 1.17. The average Bonchev–Trinajstić information content (AvgIpc) is 2.96. The van der Waals surface area contributed by atoms with E-state index in [1.165, 1.54) is 48.3 Å². The lowest BCUT2D eigenvalue weighted by Gasteiger charge is -2.16. The Morgan fingerprint density at radius 1 is 1.17 bits per heavy atom. The summed E-state index contributed by atoms with van der Waals surface area (Å²) in [5, 5.41) is 4.66. The number of nitrogens with zero attached hydrogens (tertiary/aromatic N) is 1. The lowest BCUT2D eigenvalue weighted by Crippen LogP contribution is -2.21. The molecule has 1 fully saturated rings. The summed E-state index contributed by atoms with van der Waals surface area (Å²) >= 11 is 1.89. The van der Waals surface area contributed by atoms with E-state index in [1.54, 1.807) is 0 Å². The fourth-order valence-electron chi connectivity index (χ4n) is 2.95. The zero-order valence-electron chi connectivity index (χ0n) is 11.1. The van der Waals surface area contributed by atoms with E-state index in [0.29, 0.717) is 0 Å². The summed E-state index contributed by atoms with van der Waals surface area (Å²) in [7, 11) is 0. The van der Waals surface area contributed by atoms with E-state index in [0.717, 1.165) is 5.17 Å². The summed E-state index contributed by atoms with van der Waals surface area (Å²) in [4.78, 5) is 4.97. The number of anilines is 1. The Labute approximate surface area is 113 Å². The molecule has 0 aromatic heterocycles. The molecule has 1 N–H and O–H groups in total. The molecule has 3 heteroatoms. The van der Waals surface area contributed by atoms with Crippen molar-refractivity contribution in [2.75, 3.05) is 11.1 Å². The topological polar surface area (TPSA) is 24.4 Å². The number of aryl methyl sites for hydroxylation is 2. The van der Waals surface area contributed by atoms with Crippen LogP contribution in [0.2, 0.25) is 0 Å². The van der Waals surface area contributed by atoms with Gasteiger partial charge in [-0.05, 0) is 37.8 Å². The Morgan fingerprint density at radius 3 is 2.50 bits per heavy atom. The van der Waals surface area contributed by atoms with Crippen molar-refractivity contribution in [2.24, 2.45) is 4.99 Å². The first-order valence-electron chi connectivity index (χ1n) is 6.74. The van der Waals surface area contributed by atoms with E-state index in [-0.39, 0.29) is 5.54 Å². The normalized spacial score (nSPS) is 21.3. The molecular formula is C15H20N2S. The van der Waals surface area contributed by atoms with Gasteiger partial charge >= 0.3 is 0 Å². The van der Waals surface area contributed by atoms with E-state index < -0.39 is 0 Å². The number of para-hydroxylation sites is 1. The molecule has 0 atom stereocenters. The first-order valence-corrected chi connectivity index (χ1v) is 7.73. The predicted octanol–water partition coefficient (Wildman–Crippen LogP) is 4.13. The van der Waals surface area contributed by atoms with Crippen LogP contribution in [0.3, 0.4) is 0 Å². The minimum absolute atomic E-state index is 0.267. The fourth-order valence-corrected chi connectivity index (χ4v) is 4.15. The SMILES string of the molecule is Cc1cccc(C)c1NC1=NC2(CCCC2)CS1. The summed E-state index contributed by atoms with van der Waals surface area (Å²) in [6.45, 7) is 4.31. The Balaban J connectivity index is 1.81. The van der Waals surface area contributed by atoms with Crippen LogP contribution in [-0.2, 0) is 0 Å². The number of benzene rings is 1. The molecule has 1 saturated carbocycles. The third-order valence-electron chi connectivity index (χ3n) is 4.06. The van der Waals surface area contributed by atoms with Crippen molar-refractivity contribution in [1.29, 1.82) is 0 Å². The Morgan fingerprint density at radius 2 is 1.83 bits per heavy atom. The highest BCUT2D eigenvalue weighted by atomic mass is 32.2. The summed E-state index contributed by atoms with van der Waals surface area (Å²) in [6.07, 6.45) is 5.25. The highest BCUT2D eigenvalue weighted by molar-refractivity contribution is 8.14. The van der Waals surface area contributed by atoms with Crippen LogP contribution >= 0.6 is 11.8 Å². The highest BCUT2D eigenvalue weighted by Crippen LogP contribution is 2.41. The van der Waals surface area contributed by atoms with Gasteiger partial charge in [-0.15, -0.1) is 0 Å². The van der Waals surface area contributed by atoms with Crippen molar-refractivity contribution in [2.45, 2.75) is 45.1 Å². The number of nitrogens with one attached hydrogen (secondary N) is 1. The first-order chi connectivity index (χ1) is 8.69. The van der Waals surface area contributed by atoms with E-state index in [9.17, 15) is 0 Å². The molecular weight excluding hydrogens is 240 g/mol. The fraction of sp³-hybridized carbons (Fsp3) is 0.533. The van der Waals surface area contributed by atoms with Gasteiger partial charge in [0.2, 0.25) is 0 Å². The van der Waals surface area contributed by atoms with Crippen LogP contribution < -0.4 is 5.32 Å². The second kappa shape index (κ2) is 4.61. The van der Waals surface area contributed by atoms with Crippen molar-refractivity contribution in [1.82, 2.24) is 0 Å². The monoisotopic (exact) mass is 260 g/mol. The van der Waals surface area contributed by atoms with E-state index in [2.05, 4.69) is 37.4 Å². The van der Waals surface area contributed by atoms with Gasteiger partial charge in [0.05, 0.1) is 5.54 Å². The molecule has 0 unspecified atom stereocenters. The molecule has 1 aliphatic heterocycles. The molecule has 1 aromatic carbocycles. The van der Waals surface area contributed by atoms with E-state index >= 15 is 0 Å². The van der Waals surface area contributed by atoms with Crippen LogP contribution in [0.15, 0.2) is 23.2 Å². The minimum atomic E-state index is 0.267. The van der Waals surface area contributed by atoms with Crippen LogP contribution in [0.4, 0.5) is 5.69 Å². The molecule has 0 radical (unpaired) electrons. The van der Waals surface area contributed by atoms with Crippen LogP contribution in [0.1, 0.15) is 36.8 Å². The molecule has 1 aromatic rings. The molecule has 18 heavy (non-hydrogen) atoms. The second-order valence-electron chi connectivity index (χ2n) is 5.53. The molecule has 2 aliphatic rings. The van der Waals surface area contributed by atoms with Crippen molar-refractivity contribution < 1.29 is 0 Å². The van der Waals surface area contributed by atoms with Crippen LogP contribution in [0, 0.1) is 13.8 Å². The average molecular weight is 260 g/mol. The van der Waals surface area contributed by atoms with Crippen LogP contribution in [-0.4, -0.2) is 16.5 Å². The molecule has 96 valence electrons. The zero-order valence-corrected chi connectivity index (χ0v) is 11.9. The first kappa shape index (κ1) is 12.1. The molecule has 0 bridgehead atoms. The molecule has 1 spiro atoms. The highest BCUT2D eigenvalue weighted by Gasteiger charge is 2.38. The number of thioether (sulfide) groups is 1. The second-order valence-corrected chi connectivity index (χ2v) is 6.49. The van der Waals surface area contributed by atoms with Crippen LogP contribution in [0.25, 0.3) is 0 Å². The van der Waals surface area contributed by atoms with E-state index in [4.69, 9.17) is 4.99 Å². The third-order valence-corrected chi connectivity index (χ3v) is 5.21. The lowest BCUT2D eigenvalue weighted by atomic mass is 10.0. The molecule has 3 rings (SSSR count). The number of hydrogen-bond acceptors (Lipinski definition) is 3. The number of aliphatic imine (C=N–C) groups is 1. The molecule has 0 amide bonds. The summed E-state index contributed by atoms with van der Waals surface area (Å²) < 4.78 is 0. The Hall–Kier alpha value is -0.960. The number of hydrogen-bond donors (Lipinski definition) is 1. The van der Waals surface area contributed by atoms with Crippen molar-refractivity contribution in [3.63, 3.8) is 0 Å². The Bertz CT molecular complexity index is 467. The molecule has 1 aliphatic carbocycles. The van der Waals surface area contributed by atoms with Crippen molar-refractivity contribution in [3.05, 3.63) is 29.3 Å². The van der Waals surface area contributed by atoms with Gasteiger partial charge in [0.25, 0.3) is 0 Å². The van der Waals surface area contributed by atoms with Gasteiger partial charge in [0, 0.05) is 11.4 Å². The van der Waals surface area contributed by atoms with Gasteiger partial charge in [-0.2, -0.15) is 0 Å². The van der Waals surface area contributed by atoms with Gasteiger partial charge in [-0.25, -0.2) is 0 Å². The Kier molecular flexibility index (Phi) is 3.10. The van der Waals surface area contributed by atoms with E-state index in [1.807, 2.05) is 11.8 Å². The third kappa shape index (κ3) is 2.16. The number of amidine groups is 1. The van der Waals surface area contributed by atoms with Crippen molar-refractivity contribution >= 4 is 22.6 Å². The summed E-state index contributed by atoms with van der Waals surface area (Å²) in [6, 6.07) is 6.42. The smallest absolute Gasteiger partial charge is 0.161 e. The lowest BCUT2D eigenvalue weighted by molar-refractivity contribution is 0.508. The zero-order chi connectivity index (χ0) is 12.6. The van der Waals surface area contributed by atoms with Gasteiger partial charge in [-0.1, -0.05) is 42.8 Å². The van der Waals surface area contributed by atoms with Gasteiger partial charge in [-0.3, -0.25) is 4.99 Å². The van der Waals surface area contributed by atoms with Crippen LogP contribution in [0.5, 0.6) is 0 Å². The largest absolute Gasteiger partial charge is 0.335 e.